The highest BCUT2D eigenvalue weighted by Crippen LogP contribution is 2.32. The van der Waals surface area contributed by atoms with Gasteiger partial charge in [-0.1, -0.05) is 18.2 Å². The lowest BCUT2D eigenvalue weighted by Crippen LogP contribution is -2.43. The fourth-order valence-corrected chi connectivity index (χ4v) is 3.66. The van der Waals surface area contributed by atoms with Crippen LogP contribution in [0.2, 0.25) is 0 Å². The lowest BCUT2D eigenvalue weighted by atomic mass is 10.1. The molecule has 3 aromatic rings. The molecule has 0 atom stereocenters. The molecule has 0 spiro atoms. The maximum atomic E-state index is 13.3. The van der Waals surface area contributed by atoms with Crippen molar-refractivity contribution in [1.82, 2.24) is 18.9 Å². The molecule has 0 fully saturated rings. The monoisotopic (exact) mass is 523 g/mol. The number of aromatic nitrogens is 4. The molecule has 3 rings (SSSR count). The van der Waals surface area contributed by atoms with E-state index < -0.39 is 33.6 Å². The standard InChI is InChI=1S/C23H24F3N5O6/c1-36-11-9-29-19(20(31(34)35)21(32)30(22(29)33)10-12-37-2)8-7-16-13-27-28(14-16)15-17-5-3-4-6-18(17)23(24,25)26/h3-8,13-14H,9-12,15H2,1-2H3/b8-7+. The molecule has 0 radical (unpaired) electrons. The van der Waals surface area contributed by atoms with Gasteiger partial charge in [-0.2, -0.15) is 18.3 Å². The summed E-state index contributed by atoms with van der Waals surface area (Å²) in [7, 11) is 2.75. The zero-order valence-corrected chi connectivity index (χ0v) is 20.0. The summed E-state index contributed by atoms with van der Waals surface area (Å²) in [6.07, 6.45) is 0.856. The van der Waals surface area contributed by atoms with Gasteiger partial charge in [-0.05, 0) is 23.8 Å². The topological polar surface area (TPSA) is 123 Å². The molecule has 0 aliphatic heterocycles. The molecule has 0 unspecified atom stereocenters. The van der Waals surface area contributed by atoms with Crippen LogP contribution in [-0.4, -0.2) is 51.3 Å². The van der Waals surface area contributed by atoms with E-state index in [0.29, 0.717) is 5.56 Å². The highest BCUT2D eigenvalue weighted by Gasteiger charge is 2.33. The van der Waals surface area contributed by atoms with Crippen molar-refractivity contribution in [2.24, 2.45) is 0 Å². The largest absolute Gasteiger partial charge is 0.416 e. The van der Waals surface area contributed by atoms with Crippen molar-refractivity contribution in [1.29, 1.82) is 0 Å². The zero-order chi connectivity index (χ0) is 27.2. The molecule has 0 amide bonds. The molecular weight excluding hydrogens is 499 g/mol. The fourth-order valence-electron chi connectivity index (χ4n) is 3.66. The first-order valence-electron chi connectivity index (χ1n) is 10.9. The average molecular weight is 523 g/mol. The van der Waals surface area contributed by atoms with Crippen molar-refractivity contribution in [3.05, 3.63) is 90.0 Å². The maximum Gasteiger partial charge on any atom is 0.416 e. The molecule has 0 bridgehead atoms. The Kier molecular flexibility index (Phi) is 8.78. The van der Waals surface area contributed by atoms with E-state index in [9.17, 15) is 32.9 Å². The molecule has 0 saturated heterocycles. The lowest BCUT2D eigenvalue weighted by Gasteiger charge is -2.13. The summed E-state index contributed by atoms with van der Waals surface area (Å²) in [5, 5.41) is 15.9. The summed E-state index contributed by atoms with van der Waals surface area (Å²) in [6.45, 7) is -0.397. The summed E-state index contributed by atoms with van der Waals surface area (Å²) < 4.78 is 52.8. The van der Waals surface area contributed by atoms with Crippen LogP contribution in [0.15, 0.2) is 46.2 Å². The summed E-state index contributed by atoms with van der Waals surface area (Å²) in [6, 6.07) is 5.11. The molecule has 2 aromatic heterocycles. The van der Waals surface area contributed by atoms with E-state index in [2.05, 4.69) is 5.10 Å². The van der Waals surface area contributed by atoms with E-state index in [4.69, 9.17) is 9.47 Å². The number of methoxy groups -OCH3 is 2. The molecule has 0 aliphatic rings. The first-order valence-corrected chi connectivity index (χ1v) is 10.9. The number of ether oxygens (including phenoxy) is 2. The first kappa shape index (κ1) is 27.5. The second-order valence-electron chi connectivity index (χ2n) is 7.83. The predicted molar refractivity (Wildman–Crippen MR) is 127 cm³/mol. The second-order valence-corrected chi connectivity index (χ2v) is 7.83. The smallest absolute Gasteiger partial charge is 0.383 e. The van der Waals surface area contributed by atoms with Crippen LogP contribution < -0.4 is 11.2 Å². The Balaban J connectivity index is 2.01. The minimum atomic E-state index is -4.53. The summed E-state index contributed by atoms with van der Waals surface area (Å²) >= 11 is 0. The molecule has 2 heterocycles. The van der Waals surface area contributed by atoms with Crippen LogP contribution in [0.3, 0.4) is 0 Å². The normalized spacial score (nSPS) is 11.9. The molecule has 11 nitrogen and oxygen atoms in total. The van der Waals surface area contributed by atoms with Gasteiger partial charge in [0.05, 0.1) is 49.5 Å². The SMILES string of the molecule is COCCn1c(/C=C/c2cnn(Cc3ccccc3C(F)(F)F)c2)c([N+](=O)[O-])c(=O)n(CCOC)c1=O. The Morgan fingerprint density at radius 2 is 1.70 bits per heavy atom. The zero-order valence-electron chi connectivity index (χ0n) is 20.0. The van der Waals surface area contributed by atoms with Crippen LogP contribution in [-0.2, 0) is 35.3 Å². The maximum absolute atomic E-state index is 13.3. The molecule has 1 aromatic carbocycles. The third kappa shape index (κ3) is 6.40. The predicted octanol–water partition coefficient (Wildman–Crippen LogP) is 2.65. The van der Waals surface area contributed by atoms with Gasteiger partial charge in [-0.3, -0.25) is 28.7 Å². The molecular formula is C23H24F3N5O6. The van der Waals surface area contributed by atoms with Gasteiger partial charge in [-0.15, -0.1) is 0 Å². The van der Waals surface area contributed by atoms with E-state index in [-0.39, 0.29) is 44.1 Å². The van der Waals surface area contributed by atoms with E-state index in [0.717, 1.165) is 15.2 Å². The number of halogens is 3. The Morgan fingerprint density at radius 3 is 2.32 bits per heavy atom. The van der Waals surface area contributed by atoms with Gasteiger partial charge in [0, 0.05) is 26.0 Å². The minimum Gasteiger partial charge on any atom is -0.383 e. The second kappa shape index (κ2) is 11.8. The van der Waals surface area contributed by atoms with E-state index in [1.54, 1.807) is 0 Å². The van der Waals surface area contributed by atoms with Crippen molar-refractivity contribution >= 4 is 17.8 Å². The lowest BCUT2D eigenvalue weighted by molar-refractivity contribution is -0.387. The van der Waals surface area contributed by atoms with Gasteiger partial charge >= 0.3 is 23.1 Å². The molecule has 0 saturated carbocycles. The number of alkyl halides is 3. The molecule has 0 aliphatic carbocycles. The first-order chi connectivity index (χ1) is 17.6. The van der Waals surface area contributed by atoms with E-state index in [1.165, 1.54) is 61.6 Å². The minimum absolute atomic E-state index is 0.0114. The van der Waals surface area contributed by atoms with Gasteiger partial charge < -0.3 is 9.47 Å². The number of rotatable bonds is 11. The van der Waals surface area contributed by atoms with Crippen LogP contribution in [0.1, 0.15) is 22.4 Å². The fraction of sp³-hybridized carbons (Fsp3) is 0.348. The Bertz CT molecular complexity index is 1410. The van der Waals surface area contributed by atoms with Crippen molar-refractivity contribution in [2.45, 2.75) is 25.8 Å². The van der Waals surface area contributed by atoms with Crippen LogP contribution in [0.25, 0.3) is 12.2 Å². The van der Waals surface area contributed by atoms with Crippen LogP contribution in [0.4, 0.5) is 18.9 Å². The summed E-state index contributed by atoms with van der Waals surface area (Å²) in [4.78, 5) is 36.7. The summed E-state index contributed by atoms with van der Waals surface area (Å²) in [5.74, 6) is 0. The summed E-state index contributed by atoms with van der Waals surface area (Å²) in [5.41, 5.74) is -3.31. The molecule has 0 N–H and O–H groups in total. The number of hydrogen-bond acceptors (Lipinski definition) is 7. The highest BCUT2D eigenvalue weighted by atomic mass is 19.4. The quantitative estimate of drug-likeness (QED) is 0.280. The highest BCUT2D eigenvalue weighted by molar-refractivity contribution is 5.71. The third-order valence-electron chi connectivity index (χ3n) is 5.41. The van der Waals surface area contributed by atoms with Crippen molar-refractivity contribution in [2.75, 3.05) is 27.4 Å². The van der Waals surface area contributed by atoms with Crippen molar-refractivity contribution < 1.29 is 27.6 Å². The Morgan fingerprint density at radius 1 is 1.05 bits per heavy atom. The van der Waals surface area contributed by atoms with E-state index in [1.807, 2.05) is 0 Å². The van der Waals surface area contributed by atoms with Crippen molar-refractivity contribution in [3.63, 3.8) is 0 Å². The Hall–Kier alpha value is -4.04. The number of benzene rings is 1. The van der Waals surface area contributed by atoms with Gasteiger partial charge in [-0.25, -0.2) is 4.79 Å². The Labute approximate surface area is 208 Å². The number of hydrogen-bond donors (Lipinski definition) is 0. The average Bonchev–Trinajstić information content (AvgIpc) is 3.28. The van der Waals surface area contributed by atoms with Gasteiger partial charge in [0.1, 0.15) is 5.69 Å². The molecule has 198 valence electrons. The number of nitrogens with zero attached hydrogens (tertiary/aromatic N) is 5. The van der Waals surface area contributed by atoms with Gasteiger partial charge in [0.15, 0.2) is 0 Å². The van der Waals surface area contributed by atoms with Crippen LogP contribution in [0.5, 0.6) is 0 Å². The third-order valence-corrected chi connectivity index (χ3v) is 5.41. The number of nitro groups is 1. The van der Waals surface area contributed by atoms with Gasteiger partial charge in [0.2, 0.25) is 0 Å². The molecule has 14 heteroatoms. The van der Waals surface area contributed by atoms with Crippen molar-refractivity contribution in [3.8, 4) is 0 Å². The van der Waals surface area contributed by atoms with E-state index >= 15 is 0 Å². The van der Waals surface area contributed by atoms with Gasteiger partial charge in [0.25, 0.3) is 0 Å². The molecule has 37 heavy (non-hydrogen) atoms. The van der Waals surface area contributed by atoms with Crippen LogP contribution >= 0.6 is 0 Å². The van der Waals surface area contributed by atoms with Crippen LogP contribution in [0, 0.1) is 10.1 Å².